The van der Waals surface area contributed by atoms with Crippen molar-refractivity contribution in [2.45, 2.75) is 37.9 Å². The average Bonchev–Trinajstić information content (AvgIpc) is 3.31. The second-order valence-corrected chi connectivity index (χ2v) is 7.79. The van der Waals surface area contributed by atoms with E-state index in [0.717, 1.165) is 44.0 Å². The lowest BCUT2D eigenvalue weighted by molar-refractivity contribution is -0.137. The lowest BCUT2D eigenvalue weighted by atomic mass is 10.1. The number of nitrogens with zero attached hydrogens (tertiary/aromatic N) is 3. The molecule has 0 aliphatic heterocycles. The molecule has 1 aromatic carbocycles. The van der Waals surface area contributed by atoms with Crippen LogP contribution in [0.2, 0.25) is 0 Å². The Kier molecular flexibility index (Phi) is 6.17. The van der Waals surface area contributed by atoms with Gasteiger partial charge < -0.3 is 5.73 Å². The van der Waals surface area contributed by atoms with Gasteiger partial charge in [-0.05, 0) is 49.2 Å². The van der Waals surface area contributed by atoms with Gasteiger partial charge in [0, 0.05) is 11.6 Å². The van der Waals surface area contributed by atoms with Crippen LogP contribution in [0.4, 0.5) is 39.7 Å². The van der Waals surface area contributed by atoms with Gasteiger partial charge in [0.05, 0.1) is 23.1 Å². The van der Waals surface area contributed by atoms with Crippen LogP contribution in [0.15, 0.2) is 54.7 Å². The molecular formula is C23H21F4N5O. The van der Waals surface area contributed by atoms with E-state index in [9.17, 15) is 22.4 Å². The van der Waals surface area contributed by atoms with Crippen molar-refractivity contribution in [3.63, 3.8) is 0 Å². The Morgan fingerprint density at radius 2 is 1.85 bits per heavy atom. The number of pyridine rings is 2. The number of hydrogen-bond acceptors (Lipinski definition) is 4. The molecule has 3 aromatic rings. The van der Waals surface area contributed by atoms with Crippen LogP contribution in [0.25, 0.3) is 11.3 Å². The van der Waals surface area contributed by atoms with Crippen molar-refractivity contribution in [1.29, 1.82) is 0 Å². The van der Waals surface area contributed by atoms with E-state index >= 15 is 0 Å². The van der Waals surface area contributed by atoms with Gasteiger partial charge in [0.2, 0.25) is 0 Å². The van der Waals surface area contributed by atoms with Crippen LogP contribution in [-0.2, 0) is 6.18 Å². The number of amides is 2. The van der Waals surface area contributed by atoms with Crippen molar-refractivity contribution in [3.05, 3.63) is 66.1 Å². The Morgan fingerprint density at radius 3 is 2.52 bits per heavy atom. The molecule has 2 amide bonds. The summed E-state index contributed by atoms with van der Waals surface area (Å²) >= 11 is 0. The molecule has 0 radical (unpaired) electrons. The normalized spacial score (nSPS) is 14.3. The standard InChI is InChI=1S/C23H21F4N5O/c24-16-8-11-20(29-13-16)31-22(33)32(17-6-1-2-7-17)21-18(28)9-10-19(30-21)14-4-3-5-15(12-14)23(25,26)27/h3-5,8-13,17H,1-2,6-7,28H2,(H,29,31,33). The summed E-state index contributed by atoms with van der Waals surface area (Å²) in [6.07, 6.45) is -0.244. The largest absolute Gasteiger partial charge is 0.416 e. The van der Waals surface area contributed by atoms with Gasteiger partial charge in [-0.15, -0.1) is 0 Å². The molecule has 1 aliphatic carbocycles. The Bertz CT molecular complexity index is 1140. The number of rotatable bonds is 4. The number of aromatic nitrogens is 2. The maximum Gasteiger partial charge on any atom is 0.416 e. The predicted molar refractivity (Wildman–Crippen MR) is 117 cm³/mol. The summed E-state index contributed by atoms with van der Waals surface area (Å²) in [5.41, 5.74) is 6.07. The third-order valence-electron chi connectivity index (χ3n) is 5.49. The number of halogens is 4. The Labute approximate surface area is 187 Å². The Hall–Kier alpha value is -3.69. The SMILES string of the molecule is Nc1ccc(-c2cccc(C(F)(F)F)c2)nc1N(C(=O)Nc1ccc(F)cn1)C1CCCC1. The minimum Gasteiger partial charge on any atom is -0.396 e. The summed E-state index contributed by atoms with van der Waals surface area (Å²) in [6, 6.07) is 9.58. The predicted octanol–water partition coefficient (Wildman–Crippen LogP) is 5.86. The zero-order valence-corrected chi connectivity index (χ0v) is 17.4. The number of alkyl halides is 3. The van der Waals surface area contributed by atoms with Gasteiger partial charge in [0.25, 0.3) is 0 Å². The summed E-state index contributed by atoms with van der Waals surface area (Å²) < 4.78 is 52.7. The highest BCUT2D eigenvalue weighted by molar-refractivity contribution is 6.03. The third kappa shape index (κ3) is 5.05. The summed E-state index contributed by atoms with van der Waals surface area (Å²) in [7, 11) is 0. The smallest absolute Gasteiger partial charge is 0.396 e. The van der Waals surface area contributed by atoms with Crippen LogP contribution >= 0.6 is 0 Å². The van der Waals surface area contributed by atoms with E-state index in [1.54, 1.807) is 0 Å². The first kappa shape index (κ1) is 22.5. The molecule has 4 rings (SSSR count). The minimum atomic E-state index is -4.50. The quantitative estimate of drug-likeness (QED) is 0.479. The van der Waals surface area contributed by atoms with E-state index in [4.69, 9.17) is 5.73 Å². The van der Waals surface area contributed by atoms with Crippen molar-refractivity contribution in [1.82, 2.24) is 9.97 Å². The molecule has 10 heteroatoms. The molecule has 0 atom stereocenters. The highest BCUT2D eigenvalue weighted by Crippen LogP contribution is 2.35. The number of nitrogen functional groups attached to an aromatic ring is 1. The van der Waals surface area contributed by atoms with Crippen LogP contribution < -0.4 is 16.0 Å². The van der Waals surface area contributed by atoms with Crippen LogP contribution in [0.3, 0.4) is 0 Å². The zero-order chi connectivity index (χ0) is 23.6. The first-order valence-corrected chi connectivity index (χ1v) is 10.4. The maximum absolute atomic E-state index is 13.2. The topological polar surface area (TPSA) is 84.1 Å². The van der Waals surface area contributed by atoms with Crippen LogP contribution in [0.5, 0.6) is 0 Å². The molecule has 1 saturated carbocycles. The highest BCUT2D eigenvalue weighted by Gasteiger charge is 2.32. The summed E-state index contributed by atoms with van der Waals surface area (Å²) in [4.78, 5) is 23.0. The molecule has 6 nitrogen and oxygen atoms in total. The van der Waals surface area contributed by atoms with E-state index < -0.39 is 23.6 Å². The first-order chi connectivity index (χ1) is 15.7. The van der Waals surface area contributed by atoms with Gasteiger partial charge in [-0.3, -0.25) is 10.2 Å². The highest BCUT2D eigenvalue weighted by atomic mass is 19.4. The molecule has 0 spiro atoms. The van der Waals surface area contributed by atoms with Gasteiger partial charge in [0.15, 0.2) is 5.82 Å². The Balaban J connectivity index is 1.71. The van der Waals surface area contributed by atoms with Crippen LogP contribution in [0.1, 0.15) is 31.2 Å². The molecule has 0 unspecified atom stereocenters. The van der Waals surface area contributed by atoms with E-state index in [2.05, 4.69) is 15.3 Å². The van der Waals surface area contributed by atoms with Crippen LogP contribution in [0, 0.1) is 5.82 Å². The maximum atomic E-state index is 13.2. The van der Waals surface area contributed by atoms with Gasteiger partial charge >= 0.3 is 12.2 Å². The van der Waals surface area contributed by atoms with E-state index in [1.807, 2.05) is 0 Å². The average molecular weight is 459 g/mol. The molecular weight excluding hydrogens is 438 g/mol. The fourth-order valence-electron chi connectivity index (χ4n) is 3.88. The number of nitrogens with two attached hydrogens (primary N) is 1. The number of hydrogen-bond donors (Lipinski definition) is 2. The second kappa shape index (κ2) is 9.05. The zero-order valence-electron chi connectivity index (χ0n) is 17.4. The molecule has 1 fully saturated rings. The molecule has 1 aliphatic rings. The monoisotopic (exact) mass is 459 g/mol. The van der Waals surface area contributed by atoms with E-state index in [1.165, 1.54) is 41.3 Å². The molecule has 0 saturated heterocycles. The van der Waals surface area contributed by atoms with Crippen molar-refractivity contribution in [3.8, 4) is 11.3 Å². The molecule has 3 N–H and O–H groups in total. The summed E-state index contributed by atoms with van der Waals surface area (Å²) in [5, 5.41) is 2.62. The lowest BCUT2D eigenvalue weighted by Crippen LogP contribution is -2.43. The van der Waals surface area contributed by atoms with Gasteiger partial charge in [-0.2, -0.15) is 13.2 Å². The molecule has 2 aromatic heterocycles. The van der Waals surface area contributed by atoms with Crippen molar-refractivity contribution < 1.29 is 22.4 Å². The van der Waals surface area contributed by atoms with Crippen molar-refractivity contribution in [2.75, 3.05) is 16.0 Å². The van der Waals surface area contributed by atoms with Crippen molar-refractivity contribution in [2.24, 2.45) is 0 Å². The molecule has 0 bridgehead atoms. The third-order valence-corrected chi connectivity index (χ3v) is 5.49. The molecule has 2 heterocycles. The van der Waals surface area contributed by atoms with Gasteiger partial charge in [0.1, 0.15) is 11.6 Å². The molecule has 33 heavy (non-hydrogen) atoms. The first-order valence-electron chi connectivity index (χ1n) is 10.4. The van der Waals surface area contributed by atoms with E-state index in [-0.39, 0.29) is 34.6 Å². The fraction of sp³-hybridized carbons (Fsp3) is 0.261. The van der Waals surface area contributed by atoms with Gasteiger partial charge in [-0.25, -0.2) is 19.2 Å². The number of nitrogens with one attached hydrogen (secondary N) is 1. The fourth-order valence-corrected chi connectivity index (χ4v) is 3.88. The lowest BCUT2D eigenvalue weighted by Gasteiger charge is -2.29. The minimum absolute atomic E-state index is 0.149. The number of urea groups is 1. The number of carbonyl (C=O) groups excluding carboxylic acids is 1. The van der Waals surface area contributed by atoms with Gasteiger partial charge in [-0.1, -0.05) is 25.0 Å². The number of carbonyl (C=O) groups is 1. The van der Waals surface area contributed by atoms with E-state index in [0.29, 0.717) is 0 Å². The number of benzene rings is 1. The van der Waals surface area contributed by atoms with Crippen LogP contribution in [-0.4, -0.2) is 22.0 Å². The Morgan fingerprint density at radius 1 is 1.09 bits per heavy atom. The number of anilines is 3. The summed E-state index contributed by atoms with van der Waals surface area (Å²) in [6.45, 7) is 0. The summed E-state index contributed by atoms with van der Waals surface area (Å²) in [5.74, 6) is -0.242. The second-order valence-electron chi connectivity index (χ2n) is 7.79. The van der Waals surface area contributed by atoms with Crippen molar-refractivity contribution >= 4 is 23.4 Å². The molecule has 172 valence electrons.